The van der Waals surface area contributed by atoms with E-state index in [-0.39, 0.29) is 5.56 Å². The third-order valence-corrected chi connectivity index (χ3v) is 4.34. The van der Waals surface area contributed by atoms with E-state index in [9.17, 15) is 4.79 Å². The van der Waals surface area contributed by atoms with Crippen molar-refractivity contribution in [2.24, 2.45) is 7.05 Å². The van der Waals surface area contributed by atoms with Crippen LogP contribution in [0, 0.1) is 6.92 Å². The molecule has 2 aromatic carbocycles. The molecule has 0 aliphatic rings. The van der Waals surface area contributed by atoms with Crippen LogP contribution >= 0.6 is 0 Å². The Morgan fingerprint density at radius 3 is 2.48 bits per heavy atom. The first-order valence-electron chi connectivity index (χ1n) is 7.97. The quantitative estimate of drug-likeness (QED) is 0.626. The molecule has 124 valence electrons. The van der Waals surface area contributed by atoms with Gasteiger partial charge in [-0.1, -0.05) is 30.3 Å². The Hall–Kier alpha value is -3.41. The third kappa shape index (κ3) is 2.48. The average Bonchev–Trinajstić information content (AvgIpc) is 2.86. The lowest BCUT2D eigenvalue weighted by Crippen LogP contribution is -2.20. The average molecular weight is 331 g/mol. The first kappa shape index (κ1) is 15.1. The SMILES string of the molecule is Cc1c(Nc2ncnc3ccccc23)c(=O)n(-c2ccccc2)n1C. The maximum atomic E-state index is 13.0. The molecule has 0 aliphatic heterocycles. The Morgan fingerprint density at radius 2 is 1.68 bits per heavy atom. The van der Waals surface area contributed by atoms with Crippen molar-refractivity contribution in [3.8, 4) is 5.69 Å². The standard InChI is InChI=1S/C19H17N5O/c1-13-17(19(25)24(23(13)2)14-8-4-3-5-9-14)22-18-15-10-6-7-11-16(15)20-12-21-18/h3-12H,1-2H3,(H,20,21,22). The van der Waals surface area contributed by atoms with Gasteiger partial charge in [-0.3, -0.25) is 9.48 Å². The molecule has 0 bridgehead atoms. The number of hydrogen-bond acceptors (Lipinski definition) is 4. The molecule has 25 heavy (non-hydrogen) atoms. The highest BCUT2D eigenvalue weighted by molar-refractivity contribution is 5.90. The summed E-state index contributed by atoms with van der Waals surface area (Å²) in [6, 6.07) is 17.3. The number of aromatic nitrogens is 4. The molecule has 0 saturated heterocycles. The summed E-state index contributed by atoms with van der Waals surface area (Å²) in [5.74, 6) is 0.622. The molecule has 4 aromatic rings. The fourth-order valence-electron chi connectivity index (χ4n) is 2.94. The van der Waals surface area contributed by atoms with Crippen molar-refractivity contribution in [3.63, 3.8) is 0 Å². The Bertz CT molecular complexity index is 1110. The zero-order valence-electron chi connectivity index (χ0n) is 14.0. The molecule has 0 radical (unpaired) electrons. The van der Waals surface area contributed by atoms with Gasteiger partial charge in [-0.2, -0.15) is 0 Å². The summed E-state index contributed by atoms with van der Waals surface area (Å²) >= 11 is 0. The summed E-state index contributed by atoms with van der Waals surface area (Å²) in [6.45, 7) is 1.91. The van der Waals surface area contributed by atoms with Crippen molar-refractivity contribution >= 4 is 22.4 Å². The third-order valence-electron chi connectivity index (χ3n) is 4.34. The van der Waals surface area contributed by atoms with E-state index in [2.05, 4.69) is 15.3 Å². The van der Waals surface area contributed by atoms with Gasteiger partial charge >= 0.3 is 0 Å². The van der Waals surface area contributed by atoms with Gasteiger partial charge in [0.05, 0.1) is 16.9 Å². The van der Waals surface area contributed by atoms with Crippen LogP contribution in [0.1, 0.15) is 5.69 Å². The van der Waals surface area contributed by atoms with Crippen molar-refractivity contribution < 1.29 is 0 Å². The van der Waals surface area contributed by atoms with Crippen molar-refractivity contribution in [2.45, 2.75) is 6.92 Å². The number of fused-ring (bicyclic) bond motifs is 1. The number of rotatable bonds is 3. The van der Waals surface area contributed by atoms with Crippen LogP contribution in [0.2, 0.25) is 0 Å². The van der Waals surface area contributed by atoms with Crippen LogP contribution in [0.25, 0.3) is 16.6 Å². The van der Waals surface area contributed by atoms with Gasteiger partial charge in [-0.25, -0.2) is 14.6 Å². The first-order valence-corrected chi connectivity index (χ1v) is 7.97. The van der Waals surface area contributed by atoms with Crippen LogP contribution in [-0.4, -0.2) is 19.3 Å². The molecule has 0 spiro atoms. The highest BCUT2D eigenvalue weighted by Crippen LogP contribution is 2.23. The Kier molecular flexibility index (Phi) is 3.57. The van der Waals surface area contributed by atoms with Crippen molar-refractivity contribution in [1.29, 1.82) is 0 Å². The van der Waals surface area contributed by atoms with Gasteiger partial charge in [0.1, 0.15) is 17.8 Å². The normalized spacial score (nSPS) is 11.0. The van der Waals surface area contributed by atoms with E-state index in [4.69, 9.17) is 0 Å². The number of benzene rings is 2. The zero-order valence-corrected chi connectivity index (χ0v) is 14.0. The van der Waals surface area contributed by atoms with Gasteiger partial charge in [0.25, 0.3) is 5.56 Å². The van der Waals surface area contributed by atoms with E-state index >= 15 is 0 Å². The predicted molar refractivity (Wildman–Crippen MR) is 98.6 cm³/mol. The number of anilines is 2. The fourth-order valence-corrected chi connectivity index (χ4v) is 2.94. The van der Waals surface area contributed by atoms with Crippen LogP contribution in [0.5, 0.6) is 0 Å². The molecule has 0 aliphatic carbocycles. The topological polar surface area (TPSA) is 64.7 Å². The van der Waals surface area contributed by atoms with E-state index in [0.29, 0.717) is 11.5 Å². The zero-order chi connectivity index (χ0) is 17.4. The minimum Gasteiger partial charge on any atom is -0.334 e. The molecule has 2 heterocycles. The Labute approximate surface area is 144 Å². The molecular formula is C19H17N5O. The molecule has 0 atom stereocenters. The van der Waals surface area contributed by atoms with E-state index in [1.54, 1.807) is 4.68 Å². The second-order valence-electron chi connectivity index (χ2n) is 5.80. The van der Waals surface area contributed by atoms with Crippen LogP contribution in [0.4, 0.5) is 11.5 Å². The van der Waals surface area contributed by atoms with Crippen LogP contribution in [0.15, 0.2) is 65.7 Å². The first-order chi connectivity index (χ1) is 12.2. The second kappa shape index (κ2) is 5.90. The van der Waals surface area contributed by atoms with Gasteiger partial charge in [-0.05, 0) is 31.2 Å². The molecule has 0 amide bonds. The predicted octanol–water partition coefficient (Wildman–Crippen LogP) is 3.17. The molecule has 0 fully saturated rings. The summed E-state index contributed by atoms with van der Waals surface area (Å²) in [7, 11) is 1.87. The number of nitrogens with one attached hydrogen (secondary N) is 1. The lowest BCUT2D eigenvalue weighted by atomic mass is 10.2. The van der Waals surface area contributed by atoms with E-state index in [1.807, 2.05) is 73.3 Å². The van der Waals surface area contributed by atoms with Gasteiger partial charge in [0, 0.05) is 12.4 Å². The minimum absolute atomic E-state index is 0.117. The summed E-state index contributed by atoms with van der Waals surface area (Å²) < 4.78 is 3.48. The van der Waals surface area contributed by atoms with Gasteiger partial charge in [-0.15, -0.1) is 0 Å². The monoisotopic (exact) mass is 331 g/mol. The van der Waals surface area contributed by atoms with Crippen LogP contribution in [-0.2, 0) is 7.05 Å². The van der Waals surface area contributed by atoms with Gasteiger partial charge in [0.2, 0.25) is 0 Å². The largest absolute Gasteiger partial charge is 0.334 e. The maximum absolute atomic E-state index is 13.0. The summed E-state index contributed by atoms with van der Waals surface area (Å²) in [5.41, 5.74) is 2.87. The van der Waals surface area contributed by atoms with Crippen LogP contribution < -0.4 is 10.9 Å². The lowest BCUT2D eigenvalue weighted by molar-refractivity contribution is 0.630. The molecule has 1 N–H and O–H groups in total. The summed E-state index contributed by atoms with van der Waals surface area (Å²) in [4.78, 5) is 21.6. The smallest absolute Gasteiger partial charge is 0.295 e. The van der Waals surface area contributed by atoms with Gasteiger partial charge in [0.15, 0.2) is 0 Å². The van der Waals surface area contributed by atoms with Crippen molar-refractivity contribution in [2.75, 3.05) is 5.32 Å². The molecule has 6 heteroatoms. The summed E-state index contributed by atoms with van der Waals surface area (Å²) in [5, 5.41) is 4.08. The molecule has 0 unspecified atom stereocenters. The highest BCUT2D eigenvalue weighted by Gasteiger charge is 2.17. The van der Waals surface area contributed by atoms with Crippen molar-refractivity contribution in [1.82, 2.24) is 19.3 Å². The van der Waals surface area contributed by atoms with E-state index in [1.165, 1.54) is 6.33 Å². The Balaban J connectivity index is 1.86. The fraction of sp³-hybridized carbons (Fsp3) is 0.105. The van der Waals surface area contributed by atoms with E-state index < -0.39 is 0 Å². The lowest BCUT2D eigenvalue weighted by Gasteiger charge is -2.07. The Morgan fingerprint density at radius 1 is 0.960 bits per heavy atom. The number of para-hydroxylation sites is 2. The number of nitrogens with zero attached hydrogens (tertiary/aromatic N) is 4. The van der Waals surface area contributed by atoms with Crippen molar-refractivity contribution in [3.05, 3.63) is 77.0 Å². The molecule has 2 aromatic heterocycles. The second-order valence-corrected chi connectivity index (χ2v) is 5.80. The van der Waals surface area contributed by atoms with Crippen LogP contribution in [0.3, 0.4) is 0 Å². The summed E-state index contributed by atoms with van der Waals surface area (Å²) in [6.07, 6.45) is 1.50. The molecule has 6 nitrogen and oxygen atoms in total. The molecular weight excluding hydrogens is 314 g/mol. The molecule has 4 rings (SSSR count). The number of hydrogen-bond donors (Lipinski definition) is 1. The maximum Gasteiger partial charge on any atom is 0.295 e. The highest BCUT2D eigenvalue weighted by atomic mass is 16.1. The minimum atomic E-state index is -0.117. The molecule has 0 saturated carbocycles. The van der Waals surface area contributed by atoms with E-state index in [0.717, 1.165) is 22.3 Å². The van der Waals surface area contributed by atoms with Gasteiger partial charge < -0.3 is 5.32 Å².